The van der Waals surface area contributed by atoms with Gasteiger partial charge >= 0.3 is 6.03 Å². The summed E-state index contributed by atoms with van der Waals surface area (Å²) >= 11 is 0. The summed E-state index contributed by atoms with van der Waals surface area (Å²) in [5.41, 5.74) is 2.98. The number of hydrogen-bond acceptors (Lipinski definition) is 6. The summed E-state index contributed by atoms with van der Waals surface area (Å²) in [6.45, 7) is 1.99. The Labute approximate surface area is 184 Å². The van der Waals surface area contributed by atoms with E-state index in [1.54, 1.807) is 24.4 Å². The van der Waals surface area contributed by atoms with Crippen molar-refractivity contribution >= 4 is 40.5 Å². The lowest BCUT2D eigenvalue weighted by Gasteiger charge is -2.10. The lowest BCUT2D eigenvalue weighted by atomic mass is 10.2. The zero-order valence-corrected chi connectivity index (χ0v) is 17.1. The number of benzene rings is 2. The first-order valence-corrected chi connectivity index (χ1v) is 9.76. The standard InChI is InChI=1S/C23H20FN7O/c1-15-10-11-25-20(12-15)31-22-13-21(26-14-27-22)28-17-6-8-19(9-7-17)30-23(32)29-18-4-2-16(24)3-5-18/h2-14H,1H3,(H2,29,30,32)(H2,25,26,27,28,31). The molecule has 32 heavy (non-hydrogen) atoms. The zero-order valence-electron chi connectivity index (χ0n) is 17.1. The first kappa shape index (κ1) is 20.7. The molecule has 160 valence electrons. The molecule has 0 spiro atoms. The molecule has 9 heteroatoms. The number of aromatic nitrogens is 3. The quantitative estimate of drug-likeness (QED) is 0.325. The van der Waals surface area contributed by atoms with Crippen LogP contribution in [-0.2, 0) is 0 Å². The molecule has 0 atom stereocenters. The maximum atomic E-state index is 13.0. The van der Waals surface area contributed by atoms with E-state index in [-0.39, 0.29) is 5.82 Å². The van der Waals surface area contributed by atoms with E-state index in [1.807, 2.05) is 31.2 Å². The molecule has 0 saturated heterocycles. The SMILES string of the molecule is Cc1ccnc(Nc2cc(Nc3ccc(NC(=O)Nc4ccc(F)cc4)cc3)ncn2)c1. The minimum Gasteiger partial charge on any atom is -0.340 e. The number of aryl methyl sites for hydroxylation is 1. The second-order valence-corrected chi connectivity index (χ2v) is 6.92. The maximum Gasteiger partial charge on any atom is 0.323 e. The topological polar surface area (TPSA) is 104 Å². The number of carbonyl (C=O) groups excluding carboxylic acids is 1. The molecule has 0 unspecified atom stereocenters. The molecule has 2 heterocycles. The van der Waals surface area contributed by atoms with Crippen LogP contribution in [0.1, 0.15) is 5.56 Å². The Morgan fingerprint density at radius 3 is 1.94 bits per heavy atom. The van der Waals surface area contributed by atoms with Gasteiger partial charge in [0.25, 0.3) is 0 Å². The second-order valence-electron chi connectivity index (χ2n) is 6.92. The average molecular weight is 429 g/mol. The Morgan fingerprint density at radius 1 is 0.719 bits per heavy atom. The Morgan fingerprint density at radius 2 is 1.28 bits per heavy atom. The summed E-state index contributed by atoms with van der Waals surface area (Å²) in [7, 11) is 0. The van der Waals surface area contributed by atoms with Crippen LogP contribution in [0.5, 0.6) is 0 Å². The van der Waals surface area contributed by atoms with Crippen LogP contribution >= 0.6 is 0 Å². The molecule has 2 aromatic heterocycles. The third-order valence-corrected chi connectivity index (χ3v) is 4.36. The fourth-order valence-corrected chi connectivity index (χ4v) is 2.84. The summed E-state index contributed by atoms with van der Waals surface area (Å²) in [5.74, 6) is 1.54. The van der Waals surface area contributed by atoms with Gasteiger partial charge in [0.2, 0.25) is 0 Å². The van der Waals surface area contributed by atoms with Crippen molar-refractivity contribution in [3.05, 3.63) is 90.6 Å². The molecular weight excluding hydrogens is 409 g/mol. The van der Waals surface area contributed by atoms with Gasteiger partial charge in [0.05, 0.1) is 0 Å². The molecule has 0 radical (unpaired) electrons. The number of anilines is 6. The van der Waals surface area contributed by atoms with Crippen molar-refractivity contribution in [2.24, 2.45) is 0 Å². The Bertz CT molecular complexity index is 1210. The van der Waals surface area contributed by atoms with Crippen LogP contribution in [-0.4, -0.2) is 21.0 Å². The van der Waals surface area contributed by atoms with Gasteiger partial charge in [-0.1, -0.05) is 0 Å². The molecule has 0 saturated carbocycles. The Balaban J connectivity index is 1.35. The van der Waals surface area contributed by atoms with Crippen LogP contribution in [0.2, 0.25) is 0 Å². The number of amides is 2. The van der Waals surface area contributed by atoms with Crippen molar-refractivity contribution in [3.8, 4) is 0 Å². The van der Waals surface area contributed by atoms with Crippen LogP contribution < -0.4 is 21.3 Å². The van der Waals surface area contributed by atoms with E-state index in [9.17, 15) is 9.18 Å². The number of halogens is 1. The van der Waals surface area contributed by atoms with Crippen LogP contribution in [0, 0.1) is 12.7 Å². The molecule has 4 aromatic rings. The van der Waals surface area contributed by atoms with E-state index in [2.05, 4.69) is 36.2 Å². The number of nitrogens with one attached hydrogen (secondary N) is 4. The Hall–Kier alpha value is -4.53. The molecular formula is C23H20FN7O. The van der Waals surface area contributed by atoms with E-state index in [0.717, 1.165) is 11.3 Å². The van der Waals surface area contributed by atoms with Gasteiger partial charge in [0.1, 0.15) is 29.6 Å². The van der Waals surface area contributed by atoms with Crippen molar-refractivity contribution in [1.82, 2.24) is 15.0 Å². The highest BCUT2D eigenvalue weighted by molar-refractivity contribution is 5.99. The van der Waals surface area contributed by atoms with E-state index in [4.69, 9.17) is 0 Å². The van der Waals surface area contributed by atoms with E-state index in [1.165, 1.54) is 30.6 Å². The fraction of sp³-hybridized carbons (Fsp3) is 0.0435. The number of nitrogens with zero attached hydrogens (tertiary/aromatic N) is 3. The third kappa shape index (κ3) is 5.76. The predicted octanol–water partition coefficient (Wildman–Crippen LogP) is 5.45. The highest BCUT2D eigenvalue weighted by Crippen LogP contribution is 2.20. The number of carbonyl (C=O) groups is 1. The van der Waals surface area contributed by atoms with Crippen molar-refractivity contribution < 1.29 is 9.18 Å². The molecule has 8 nitrogen and oxygen atoms in total. The monoisotopic (exact) mass is 429 g/mol. The fourth-order valence-electron chi connectivity index (χ4n) is 2.84. The number of rotatable bonds is 6. The van der Waals surface area contributed by atoms with Crippen molar-refractivity contribution in [3.63, 3.8) is 0 Å². The lowest BCUT2D eigenvalue weighted by Crippen LogP contribution is -2.19. The van der Waals surface area contributed by atoms with Gasteiger partial charge in [0, 0.05) is 29.3 Å². The molecule has 2 aromatic carbocycles. The predicted molar refractivity (Wildman–Crippen MR) is 123 cm³/mol. The Kier molecular flexibility index (Phi) is 6.17. The number of hydrogen-bond donors (Lipinski definition) is 4. The molecule has 4 N–H and O–H groups in total. The summed E-state index contributed by atoms with van der Waals surface area (Å²) in [4.78, 5) is 24.8. The van der Waals surface area contributed by atoms with Gasteiger partial charge < -0.3 is 21.3 Å². The van der Waals surface area contributed by atoms with Crippen molar-refractivity contribution in [1.29, 1.82) is 0 Å². The lowest BCUT2D eigenvalue weighted by molar-refractivity contribution is 0.262. The molecule has 0 aliphatic rings. The molecule has 0 aliphatic carbocycles. The van der Waals surface area contributed by atoms with Gasteiger partial charge in [-0.2, -0.15) is 0 Å². The molecule has 0 fully saturated rings. The molecule has 4 rings (SSSR count). The van der Waals surface area contributed by atoms with Gasteiger partial charge in [-0.15, -0.1) is 0 Å². The smallest absolute Gasteiger partial charge is 0.323 e. The second kappa shape index (κ2) is 9.52. The first-order chi connectivity index (χ1) is 15.5. The van der Waals surface area contributed by atoms with Gasteiger partial charge in [0.15, 0.2) is 0 Å². The van der Waals surface area contributed by atoms with E-state index >= 15 is 0 Å². The minimum absolute atomic E-state index is 0.363. The molecule has 0 bridgehead atoms. The van der Waals surface area contributed by atoms with Crippen LogP contribution in [0.15, 0.2) is 79.3 Å². The van der Waals surface area contributed by atoms with Gasteiger partial charge in [-0.3, -0.25) is 0 Å². The van der Waals surface area contributed by atoms with E-state index < -0.39 is 6.03 Å². The largest absolute Gasteiger partial charge is 0.340 e. The van der Waals surface area contributed by atoms with Crippen molar-refractivity contribution in [2.45, 2.75) is 6.92 Å². The summed E-state index contributed by atoms with van der Waals surface area (Å²) in [6.07, 6.45) is 3.18. The van der Waals surface area contributed by atoms with Crippen LogP contribution in [0.4, 0.5) is 43.7 Å². The summed E-state index contributed by atoms with van der Waals surface area (Å²) in [5, 5.41) is 11.7. The van der Waals surface area contributed by atoms with Crippen molar-refractivity contribution in [2.75, 3.05) is 21.3 Å². The minimum atomic E-state index is -0.423. The van der Waals surface area contributed by atoms with E-state index in [0.29, 0.717) is 28.8 Å². The maximum absolute atomic E-state index is 13.0. The number of pyridine rings is 1. The van der Waals surface area contributed by atoms with Gasteiger partial charge in [-0.05, 0) is 73.2 Å². The van der Waals surface area contributed by atoms with Crippen LogP contribution in [0.3, 0.4) is 0 Å². The molecule has 0 aliphatic heterocycles. The highest BCUT2D eigenvalue weighted by atomic mass is 19.1. The van der Waals surface area contributed by atoms with Crippen LogP contribution in [0.25, 0.3) is 0 Å². The highest BCUT2D eigenvalue weighted by Gasteiger charge is 2.05. The zero-order chi connectivity index (χ0) is 22.3. The number of urea groups is 1. The normalized spacial score (nSPS) is 10.3. The van der Waals surface area contributed by atoms with Gasteiger partial charge in [-0.25, -0.2) is 24.1 Å². The third-order valence-electron chi connectivity index (χ3n) is 4.36. The first-order valence-electron chi connectivity index (χ1n) is 9.76. The summed E-state index contributed by atoms with van der Waals surface area (Å²) < 4.78 is 13.0. The average Bonchev–Trinajstić information content (AvgIpc) is 2.77. The molecule has 2 amide bonds. The summed E-state index contributed by atoms with van der Waals surface area (Å²) in [6, 6.07) is 17.9.